The summed E-state index contributed by atoms with van der Waals surface area (Å²) in [4.78, 5) is 2.08. The molecular formula is C24H29F2N3O3. The zero-order chi connectivity index (χ0) is 23.1. The van der Waals surface area contributed by atoms with Gasteiger partial charge in [0.05, 0.1) is 29.7 Å². The lowest BCUT2D eigenvalue weighted by molar-refractivity contribution is 0.0356. The average Bonchev–Trinajstić information content (AvgIpc) is 3.06. The van der Waals surface area contributed by atoms with Gasteiger partial charge < -0.3 is 14.6 Å². The minimum atomic E-state index is -0.796. The second-order valence-corrected chi connectivity index (χ2v) is 7.64. The Balaban J connectivity index is 2.01. The molecular weight excluding hydrogens is 416 g/mol. The molecule has 0 saturated heterocycles. The maximum absolute atomic E-state index is 14.4. The van der Waals surface area contributed by atoms with Crippen molar-refractivity contribution in [3.05, 3.63) is 71.4 Å². The summed E-state index contributed by atoms with van der Waals surface area (Å²) in [5, 5.41) is 14.9. The van der Waals surface area contributed by atoms with Gasteiger partial charge in [0.2, 0.25) is 5.88 Å². The van der Waals surface area contributed by atoms with E-state index in [4.69, 9.17) is 9.47 Å². The van der Waals surface area contributed by atoms with E-state index in [1.54, 1.807) is 11.8 Å². The normalized spacial score (nSPS) is 12.3. The van der Waals surface area contributed by atoms with Gasteiger partial charge in [-0.2, -0.15) is 5.10 Å². The van der Waals surface area contributed by atoms with Crippen LogP contribution in [0, 0.1) is 18.6 Å². The van der Waals surface area contributed by atoms with Gasteiger partial charge in [-0.25, -0.2) is 13.5 Å². The maximum Gasteiger partial charge on any atom is 0.227 e. The van der Waals surface area contributed by atoms with Crippen LogP contribution in [0.3, 0.4) is 0 Å². The number of aliphatic hydroxyl groups excluding tert-OH is 1. The number of methoxy groups -OCH3 is 1. The SMILES string of the molecule is CCCN(Cc1c(C)nn(-c2ccccc2)c1Oc1ccc(F)cc1F)C[C@H](O)COC. The van der Waals surface area contributed by atoms with Gasteiger partial charge in [-0.1, -0.05) is 25.1 Å². The van der Waals surface area contributed by atoms with Crippen molar-refractivity contribution in [2.75, 3.05) is 26.8 Å². The van der Waals surface area contributed by atoms with Gasteiger partial charge in [-0.15, -0.1) is 0 Å². The Morgan fingerprint density at radius 1 is 1.16 bits per heavy atom. The number of aliphatic hydroxyl groups is 1. The summed E-state index contributed by atoms with van der Waals surface area (Å²) < 4.78 is 40.4. The van der Waals surface area contributed by atoms with Crippen LogP contribution in [0.15, 0.2) is 48.5 Å². The summed E-state index contributed by atoms with van der Waals surface area (Å²) in [6.45, 7) is 5.72. The van der Waals surface area contributed by atoms with Crippen LogP contribution < -0.4 is 4.74 Å². The van der Waals surface area contributed by atoms with Crippen molar-refractivity contribution in [2.45, 2.75) is 32.9 Å². The van der Waals surface area contributed by atoms with Crippen molar-refractivity contribution in [3.63, 3.8) is 0 Å². The van der Waals surface area contributed by atoms with E-state index in [0.29, 0.717) is 24.7 Å². The number of benzene rings is 2. The molecule has 0 unspecified atom stereocenters. The molecule has 6 nitrogen and oxygen atoms in total. The van der Waals surface area contributed by atoms with Gasteiger partial charge in [0.1, 0.15) is 5.82 Å². The third kappa shape index (κ3) is 5.91. The van der Waals surface area contributed by atoms with E-state index >= 15 is 0 Å². The number of para-hydroxylation sites is 1. The summed E-state index contributed by atoms with van der Waals surface area (Å²) in [6, 6.07) is 12.6. The van der Waals surface area contributed by atoms with E-state index in [1.807, 2.05) is 37.3 Å². The Kier molecular flexibility index (Phi) is 8.33. The van der Waals surface area contributed by atoms with Crippen molar-refractivity contribution >= 4 is 0 Å². The first-order chi connectivity index (χ1) is 15.4. The fourth-order valence-corrected chi connectivity index (χ4v) is 3.55. The van der Waals surface area contributed by atoms with Crippen molar-refractivity contribution in [1.29, 1.82) is 0 Å². The van der Waals surface area contributed by atoms with E-state index in [-0.39, 0.29) is 12.4 Å². The molecule has 3 rings (SSSR count). The summed E-state index contributed by atoms with van der Waals surface area (Å²) in [5.41, 5.74) is 2.23. The minimum Gasteiger partial charge on any atom is -0.435 e. The standard InChI is InChI=1S/C24H29F2N3O3/c1-4-12-28(14-20(30)16-31-3)15-21-17(2)27-29(19-8-6-5-7-9-19)24(21)32-23-11-10-18(25)13-22(23)26/h5-11,13,20,30H,4,12,14-16H2,1-3H3/t20-/m0/s1. The number of hydrogen-bond acceptors (Lipinski definition) is 5. The number of ether oxygens (including phenoxy) is 2. The summed E-state index contributed by atoms with van der Waals surface area (Å²) in [5.74, 6) is -1.22. The Morgan fingerprint density at radius 2 is 1.91 bits per heavy atom. The molecule has 0 radical (unpaired) electrons. The molecule has 0 fully saturated rings. The lowest BCUT2D eigenvalue weighted by Gasteiger charge is -2.24. The minimum absolute atomic E-state index is 0.0915. The molecule has 172 valence electrons. The molecule has 8 heteroatoms. The second-order valence-electron chi connectivity index (χ2n) is 7.64. The van der Waals surface area contributed by atoms with Crippen LogP contribution in [-0.2, 0) is 11.3 Å². The number of rotatable bonds is 11. The summed E-state index contributed by atoms with van der Waals surface area (Å²) in [7, 11) is 1.55. The first-order valence-electron chi connectivity index (χ1n) is 10.6. The van der Waals surface area contributed by atoms with Crippen LogP contribution in [0.4, 0.5) is 8.78 Å². The molecule has 0 bridgehead atoms. The van der Waals surface area contributed by atoms with E-state index in [0.717, 1.165) is 36.3 Å². The van der Waals surface area contributed by atoms with Crippen LogP contribution in [0.5, 0.6) is 11.6 Å². The van der Waals surface area contributed by atoms with Crippen LogP contribution in [-0.4, -0.2) is 52.7 Å². The van der Waals surface area contributed by atoms with Crippen molar-refractivity contribution in [1.82, 2.24) is 14.7 Å². The van der Waals surface area contributed by atoms with Gasteiger partial charge in [-0.3, -0.25) is 4.90 Å². The molecule has 0 aliphatic carbocycles. The molecule has 0 amide bonds. The molecule has 1 N–H and O–H groups in total. The van der Waals surface area contributed by atoms with Crippen LogP contribution in [0.25, 0.3) is 5.69 Å². The zero-order valence-electron chi connectivity index (χ0n) is 18.6. The number of halogens is 2. The largest absolute Gasteiger partial charge is 0.435 e. The van der Waals surface area contributed by atoms with Crippen molar-refractivity contribution < 1.29 is 23.4 Å². The highest BCUT2D eigenvalue weighted by Gasteiger charge is 2.23. The number of nitrogens with zero attached hydrogens (tertiary/aromatic N) is 3. The number of aryl methyl sites for hydroxylation is 1. The smallest absolute Gasteiger partial charge is 0.227 e. The second kappa shape index (κ2) is 11.2. The number of hydrogen-bond donors (Lipinski definition) is 1. The molecule has 2 aromatic carbocycles. The fraction of sp³-hybridized carbons (Fsp3) is 0.375. The molecule has 1 aromatic heterocycles. The predicted octanol–water partition coefficient (Wildman–Crippen LogP) is 4.47. The van der Waals surface area contributed by atoms with E-state index < -0.39 is 17.7 Å². The first-order valence-corrected chi connectivity index (χ1v) is 10.6. The van der Waals surface area contributed by atoms with Crippen molar-refractivity contribution in [3.8, 4) is 17.3 Å². The van der Waals surface area contributed by atoms with Gasteiger partial charge in [-0.05, 0) is 44.2 Å². The summed E-state index contributed by atoms with van der Waals surface area (Å²) >= 11 is 0. The topological polar surface area (TPSA) is 59.8 Å². The van der Waals surface area contributed by atoms with Crippen LogP contribution in [0.1, 0.15) is 24.6 Å². The van der Waals surface area contributed by atoms with Crippen molar-refractivity contribution in [2.24, 2.45) is 0 Å². The lowest BCUT2D eigenvalue weighted by atomic mass is 10.2. The third-order valence-electron chi connectivity index (χ3n) is 4.99. The van der Waals surface area contributed by atoms with Gasteiger partial charge in [0, 0.05) is 26.3 Å². The third-order valence-corrected chi connectivity index (χ3v) is 4.99. The van der Waals surface area contributed by atoms with E-state index in [9.17, 15) is 13.9 Å². The maximum atomic E-state index is 14.4. The molecule has 0 saturated carbocycles. The molecule has 1 atom stereocenters. The monoisotopic (exact) mass is 445 g/mol. The van der Waals surface area contributed by atoms with Gasteiger partial charge in [0.15, 0.2) is 11.6 Å². The van der Waals surface area contributed by atoms with E-state index in [1.165, 1.54) is 6.07 Å². The van der Waals surface area contributed by atoms with Crippen LogP contribution in [0.2, 0.25) is 0 Å². The Bertz CT molecular complexity index is 1010. The lowest BCUT2D eigenvalue weighted by Crippen LogP contribution is -2.35. The molecule has 3 aromatic rings. The van der Waals surface area contributed by atoms with Crippen LogP contribution >= 0.6 is 0 Å². The van der Waals surface area contributed by atoms with Gasteiger partial charge >= 0.3 is 0 Å². The molecule has 1 heterocycles. The zero-order valence-corrected chi connectivity index (χ0v) is 18.6. The van der Waals surface area contributed by atoms with E-state index in [2.05, 4.69) is 16.9 Å². The Labute approximate surface area is 187 Å². The quantitative estimate of drug-likeness (QED) is 0.472. The Morgan fingerprint density at radius 3 is 2.56 bits per heavy atom. The highest BCUT2D eigenvalue weighted by Crippen LogP contribution is 2.33. The number of aromatic nitrogens is 2. The van der Waals surface area contributed by atoms with Gasteiger partial charge in [0.25, 0.3) is 0 Å². The molecule has 0 spiro atoms. The predicted molar refractivity (Wildman–Crippen MR) is 118 cm³/mol. The molecule has 0 aliphatic heterocycles. The highest BCUT2D eigenvalue weighted by atomic mass is 19.1. The average molecular weight is 446 g/mol. The molecule has 0 aliphatic rings. The first kappa shape index (κ1) is 23.8. The molecule has 32 heavy (non-hydrogen) atoms. The summed E-state index contributed by atoms with van der Waals surface area (Å²) in [6.07, 6.45) is 0.240. The Hall–Kier alpha value is -2.81. The highest BCUT2D eigenvalue weighted by molar-refractivity contribution is 5.43. The fourth-order valence-electron chi connectivity index (χ4n) is 3.55.